The molecule has 1 aromatic rings. The number of nitrogens with zero attached hydrogens (tertiary/aromatic N) is 1. The van der Waals surface area contributed by atoms with Crippen molar-refractivity contribution in [3.8, 4) is 0 Å². The minimum absolute atomic E-state index is 0.168. The summed E-state index contributed by atoms with van der Waals surface area (Å²) in [6, 6.07) is 3.67. The molecule has 1 aliphatic rings. The van der Waals surface area contributed by atoms with E-state index in [1.54, 1.807) is 24.5 Å². The molecule has 0 N–H and O–H groups in total. The van der Waals surface area contributed by atoms with Crippen molar-refractivity contribution < 1.29 is 9.21 Å². The van der Waals surface area contributed by atoms with Gasteiger partial charge in [-0.15, -0.1) is 11.8 Å². The van der Waals surface area contributed by atoms with Crippen LogP contribution in [0.15, 0.2) is 44.9 Å². The molecule has 0 fully saturated rings. The highest BCUT2D eigenvalue weighted by Gasteiger charge is 2.19. The number of rotatable bonds is 2. The summed E-state index contributed by atoms with van der Waals surface area (Å²) in [5, 5.41) is 0. The van der Waals surface area contributed by atoms with Crippen molar-refractivity contribution in [2.75, 3.05) is 6.26 Å². The third-order valence-corrected chi connectivity index (χ3v) is 3.81. The Morgan fingerprint density at radius 3 is 3.06 bits per heavy atom. The van der Waals surface area contributed by atoms with Crippen LogP contribution in [0.2, 0.25) is 0 Å². The number of hydrogen-bond donors (Lipinski definition) is 0. The molecule has 0 bridgehead atoms. The van der Waals surface area contributed by atoms with Gasteiger partial charge in [-0.25, -0.2) is 0 Å². The monoisotopic (exact) mass is 251 g/mol. The zero-order valence-corrected chi connectivity index (χ0v) is 10.2. The van der Waals surface area contributed by atoms with Gasteiger partial charge >= 0.3 is 0 Å². The van der Waals surface area contributed by atoms with E-state index in [2.05, 4.69) is 4.99 Å². The van der Waals surface area contributed by atoms with Gasteiger partial charge in [-0.05, 0) is 30.5 Å². The molecule has 0 saturated heterocycles. The standard InChI is InChI=1S/C11H9NO2S2/c1-15-11-12-10(13)9(16-11)6-2-4-8-5-3-7-14-8/h2-7H,1H3/b4-2+,9-6-. The second-order valence-electron chi connectivity index (χ2n) is 2.89. The zero-order valence-electron chi connectivity index (χ0n) is 8.54. The predicted octanol–water partition coefficient (Wildman–Crippen LogP) is 3.17. The van der Waals surface area contributed by atoms with Gasteiger partial charge in [0.2, 0.25) is 0 Å². The molecule has 2 rings (SSSR count). The minimum atomic E-state index is -0.168. The number of thioether (sulfide) groups is 2. The molecule has 1 amide bonds. The number of hydrogen-bond acceptors (Lipinski definition) is 4. The summed E-state index contributed by atoms with van der Waals surface area (Å²) in [5.74, 6) is 0.594. The molecule has 3 nitrogen and oxygen atoms in total. The summed E-state index contributed by atoms with van der Waals surface area (Å²) in [7, 11) is 0. The molecule has 0 atom stereocenters. The SMILES string of the molecule is CSC1=NC(=O)/C(=C/C=C/c2ccco2)S1. The van der Waals surface area contributed by atoms with Crippen LogP contribution in [0.25, 0.3) is 6.08 Å². The Morgan fingerprint density at radius 1 is 1.56 bits per heavy atom. The molecule has 5 heteroatoms. The lowest BCUT2D eigenvalue weighted by atomic mass is 10.3. The van der Waals surface area contributed by atoms with Gasteiger partial charge in [-0.1, -0.05) is 17.8 Å². The number of allylic oxidation sites excluding steroid dienone is 2. The zero-order chi connectivity index (χ0) is 11.4. The van der Waals surface area contributed by atoms with Crippen LogP contribution in [0, 0.1) is 0 Å². The molecule has 0 aliphatic carbocycles. The lowest BCUT2D eigenvalue weighted by Crippen LogP contribution is -1.86. The fraction of sp³-hybridized carbons (Fsp3) is 0.0909. The van der Waals surface area contributed by atoms with Crippen LogP contribution in [0.4, 0.5) is 0 Å². The topological polar surface area (TPSA) is 42.6 Å². The summed E-state index contributed by atoms with van der Waals surface area (Å²) in [6.07, 6.45) is 8.86. The number of carbonyl (C=O) groups excluding carboxylic acids is 1. The summed E-state index contributed by atoms with van der Waals surface area (Å²) in [5.41, 5.74) is 0. The summed E-state index contributed by atoms with van der Waals surface area (Å²) in [4.78, 5) is 15.9. The van der Waals surface area contributed by atoms with E-state index in [9.17, 15) is 4.79 Å². The van der Waals surface area contributed by atoms with E-state index in [-0.39, 0.29) is 5.91 Å². The third-order valence-electron chi connectivity index (χ3n) is 1.83. The maximum Gasteiger partial charge on any atom is 0.285 e. The molecular formula is C11H9NO2S2. The van der Waals surface area contributed by atoms with E-state index in [1.807, 2.05) is 18.4 Å². The number of furan rings is 1. The average molecular weight is 251 g/mol. The molecule has 0 unspecified atom stereocenters. The molecule has 0 saturated carbocycles. The first-order valence-corrected chi connectivity index (χ1v) is 6.60. The van der Waals surface area contributed by atoms with Gasteiger partial charge < -0.3 is 4.42 Å². The van der Waals surface area contributed by atoms with Crippen molar-refractivity contribution in [1.82, 2.24) is 0 Å². The maximum absolute atomic E-state index is 11.4. The first-order chi connectivity index (χ1) is 7.79. The largest absolute Gasteiger partial charge is 0.465 e. The van der Waals surface area contributed by atoms with Crippen molar-refractivity contribution >= 4 is 39.9 Å². The van der Waals surface area contributed by atoms with Crippen molar-refractivity contribution in [3.63, 3.8) is 0 Å². The van der Waals surface area contributed by atoms with Crippen molar-refractivity contribution in [3.05, 3.63) is 41.2 Å². The number of amides is 1. The van der Waals surface area contributed by atoms with Gasteiger partial charge in [0, 0.05) is 0 Å². The van der Waals surface area contributed by atoms with Gasteiger partial charge in [0.25, 0.3) is 5.91 Å². The van der Waals surface area contributed by atoms with Gasteiger partial charge in [0.05, 0.1) is 11.2 Å². The Balaban J connectivity index is 2.02. The average Bonchev–Trinajstić information content (AvgIpc) is 2.89. The van der Waals surface area contributed by atoms with E-state index in [0.29, 0.717) is 4.91 Å². The van der Waals surface area contributed by atoms with Crippen LogP contribution in [0.5, 0.6) is 0 Å². The molecule has 2 heterocycles. The van der Waals surface area contributed by atoms with Gasteiger partial charge in [-0.2, -0.15) is 4.99 Å². The van der Waals surface area contributed by atoms with Crippen molar-refractivity contribution in [2.45, 2.75) is 0 Å². The van der Waals surface area contributed by atoms with Crippen LogP contribution >= 0.6 is 23.5 Å². The molecule has 0 radical (unpaired) electrons. The van der Waals surface area contributed by atoms with E-state index >= 15 is 0 Å². The minimum Gasteiger partial charge on any atom is -0.465 e. The number of carbonyl (C=O) groups is 1. The Morgan fingerprint density at radius 2 is 2.44 bits per heavy atom. The van der Waals surface area contributed by atoms with Crippen LogP contribution in [0.1, 0.15) is 5.76 Å². The molecule has 0 aromatic carbocycles. The van der Waals surface area contributed by atoms with E-state index in [0.717, 1.165) is 10.1 Å². The second-order valence-corrected chi connectivity index (χ2v) is 4.98. The summed E-state index contributed by atoms with van der Waals surface area (Å²) in [6.45, 7) is 0. The van der Waals surface area contributed by atoms with Gasteiger partial charge in [0.15, 0.2) is 0 Å². The van der Waals surface area contributed by atoms with Crippen molar-refractivity contribution in [1.29, 1.82) is 0 Å². The van der Waals surface area contributed by atoms with Crippen LogP contribution < -0.4 is 0 Å². The smallest absolute Gasteiger partial charge is 0.285 e. The van der Waals surface area contributed by atoms with Crippen LogP contribution in [-0.4, -0.2) is 16.5 Å². The fourth-order valence-electron chi connectivity index (χ4n) is 1.11. The third kappa shape index (κ3) is 2.68. The maximum atomic E-state index is 11.4. The molecular weight excluding hydrogens is 242 g/mol. The highest BCUT2D eigenvalue weighted by Crippen LogP contribution is 2.31. The fourth-order valence-corrected chi connectivity index (χ4v) is 2.48. The molecule has 16 heavy (non-hydrogen) atoms. The van der Waals surface area contributed by atoms with E-state index < -0.39 is 0 Å². The quantitative estimate of drug-likeness (QED) is 0.757. The second kappa shape index (κ2) is 5.23. The van der Waals surface area contributed by atoms with E-state index in [1.165, 1.54) is 23.5 Å². The lowest BCUT2D eigenvalue weighted by molar-refractivity contribution is -0.113. The highest BCUT2D eigenvalue weighted by molar-refractivity contribution is 8.40. The molecule has 1 aliphatic heterocycles. The van der Waals surface area contributed by atoms with Crippen molar-refractivity contribution in [2.24, 2.45) is 4.99 Å². The normalized spacial score (nSPS) is 18.7. The summed E-state index contributed by atoms with van der Waals surface area (Å²) >= 11 is 2.88. The Kier molecular flexibility index (Phi) is 3.69. The highest BCUT2D eigenvalue weighted by atomic mass is 32.2. The predicted molar refractivity (Wildman–Crippen MR) is 69.4 cm³/mol. The van der Waals surface area contributed by atoms with Crippen LogP contribution in [-0.2, 0) is 4.79 Å². The molecule has 82 valence electrons. The Bertz CT molecular complexity index is 472. The van der Waals surface area contributed by atoms with Gasteiger partial charge in [-0.3, -0.25) is 4.79 Å². The Hall–Kier alpha value is -1.20. The number of aliphatic imine (C=N–C) groups is 1. The first-order valence-electron chi connectivity index (χ1n) is 4.56. The first kappa shape index (κ1) is 11.3. The van der Waals surface area contributed by atoms with E-state index in [4.69, 9.17) is 4.42 Å². The molecule has 1 aromatic heterocycles. The summed E-state index contributed by atoms with van der Waals surface area (Å²) < 4.78 is 5.92. The van der Waals surface area contributed by atoms with Gasteiger partial charge in [0.1, 0.15) is 10.1 Å². The lowest BCUT2D eigenvalue weighted by Gasteiger charge is -1.89. The molecule has 0 spiro atoms. The Labute approximate surface area is 102 Å². The van der Waals surface area contributed by atoms with Crippen LogP contribution in [0.3, 0.4) is 0 Å².